The number of thiazole rings is 1. The third-order valence-electron chi connectivity index (χ3n) is 2.99. The Morgan fingerprint density at radius 1 is 1.47 bits per heavy atom. The topological polar surface area (TPSA) is 30.0 Å². The number of rotatable bonds is 3. The lowest BCUT2D eigenvalue weighted by Gasteiger charge is -2.19. The minimum absolute atomic E-state index is 0.208. The second kappa shape index (κ2) is 4.88. The fourth-order valence-electron chi connectivity index (χ4n) is 2.21. The summed E-state index contributed by atoms with van der Waals surface area (Å²) in [5.74, 6) is 0.871. The molecular weight excluding hydrogens is 206 g/mol. The molecule has 1 fully saturated rings. The molecule has 0 unspecified atom stereocenters. The summed E-state index contributed by atoms with van der Waals surface area (Å²) in [7, 11) is 0. The van der Waals surface area contributed by atoms with Gasteiger partial charge in [0.15, 0.2) is 0 Å². The Balaban J connectivity index is 2.02. The van der Waals surface area contributed by atoms with Crippen LogP contribution in [0.4, 0.5) is 0 Å². The van der Waals surface area contributed by atoms with Gasteiger partial charge in [-0.25, -0.2) is 4.98 Å². The van der Waals surface area contributed by atoms with Crippen molar-refractivity contribution in [3.05, 3.63) is 16.1 Å². The van der Waals surface area contributed by atoms with Crippen molar-refractivity contribution in [1.29, 1.82) is 0 Å². The highest BCUT2D eigenvalue weighted by Gasteiger charge is 2.18. The van der Waals surface area contributed by atoms with Gasteiger partial charge in [-0.05, 0) is 19.8 Å². The number of nitrogens with zero attached hydrogens (tertiary/aromatic N) is 1. The molecule has 1 aliphatic rings. The summed E-state index contributed by atoms with van der Waals surface area (Å²) in [6, 6.07) is 0. The number of hydrogen-bond acceptors (Lipinski definition) is 3. The van der Waals surface area contributed by atoms with Crippen molar-refractivity contribution >= 4 is 17.1 Å². The van der Waals surface area contributed by atoms with E-state index in [4.69, 9.17) is 0 Å². The van der Waals surface area contributed by atoms with Crippen molar-refractivity contribution in [3.8, 4) is 0 Å². The average Bonchev–Trinajstić information content (AvgIpc) is 2.67. The predicted octanol–water partition coefficient (Wildman–Crippen LogP) is 3.32. The minimum atomic E-state index is 0.208. The van der Waals surface area contributed by atoms with Crippen LogP contribution in [0.2, 0.25) is 0 Å². The number of hydrogen-bond donors (Lipinski definition) is 0. The first kappa shape index (κ1) is 10.8. The highest BCUT2D eigenvalue weighted by molar-refractivity contribution is 7.09. The molecule has 0 aromatic carbocycles. The Morgan fingerprint density at radius 2 is 2.20 bits per heavy atom. The van der Waals surface area contributed by atoms with Gasteiger partial charge in [0, 0.05) is 11.3 Å². The van der Waals surface area contributed by atoms with Crippen molar-refractivity contribution in [2.45, 2.75) is 51.4 Å². The van der Waals surface area contributed by atoms with Crippen LogP contribution in [-0.4, -0.2) is 10.8 Å². The molecule has 1 heterocycles. The van der Waals surface area contributed by atoms with E-state index in [9.17, 15) is 4.79 Å². The maximum absolute atomic E-state index is 11.0. The zero-order chi connectivity index (χ0) is 10.7. The van der Waals surface area contributed by atoms with Crippen molar-refractivity contribution in [1.82, 2.24) is 4.98 Å². The van der Waals surface area contributed by atoms with Crippen LogP contribution >= 0.6 is 11.3 Å². The van der Waals surface area contributed by atoms with E-state index in [-0.39, 0.29) is 5.78 Å². The lowest BCUT2D eigenvalue weighted by atomic mass is 9.87. The molecule has 0 spiro atoms. The molecule has 1 aliphatic carbocycles. The van der Waals surface area contributed by atoms with Crippen LogP contribution in [-0.2, 0) is 11.2 Å². The quantitative estimate of drug-likeness (QED) is 0.786. The summed E-state index contributed by atoms with van der Waals surface area (Å²) in [5.41, 5.74) is 1.23. The summed E-state index contributed by atoms with van der Waals surface area (Å²) >= 11 is 1.64. The van der Waals surface area contributed by atoms with E-state index in [1.165, 1.54) is 37.8 Å². The number of ketones is 1. The number of carbonyl (C=O) groups excluding carboxylic acids is 1. The smallest absolute Gasteiger partial charge is 0.136 e. The van der Waals surface area contributed by atoms with Gasteiger partial charge < -0.3 is 0 Å². The Hall–Kier alpha value is -0.700. The monoisotopic (exact) mass is 223 g/mol. The lowest BCUT2D eigenvalue weighted by molar-refractivity contribution is -0.116. The molecular formula is C12H17NOS. The number of Topliss-reactive ketones (excluding diaryl/α,β-unsaturated/α-hetero) is 1. The summed E-state index contributed by atoms with van der Waals surface area (Å²) < 4.78 is 0. The van der Waals surface area contributed by atoms with Gasteiger partial charge in [0.2, 0.25) is 0 Å². The van der Waals surface area contributed by atoms with Crippen molar-refractivity contribution in [3.63, 3.8) is 0 Å². The molecule has 0 radical (unpaired) electrons. The Labute approximate surface area is 94.7 Å². The molecule has 3 heteroatoms. The SMILES string of the molecule is CC(=O)Cc1nc(C2CCCCC2)cs1. The van der Waals surface area contributed by atoms with E-state index in [0.29, 0.717) is 12.3 Å². The third-order valence-corrected chi connectivity index (χ3v) is 3.86. The van der Waals surface area contributed by atoms with Crippen molar-refractivity contribution < 1.29 is 4.79 Å². The van der Waals surface area contributed by atoms with Crippen LogP contribution in [0.3, 0.4) is 0 Å². The summed E-state index contributed by atoms with van der Waals surface area (Å²) in [4.78, 5) is 15.5. The van der Waals surface area contributed by atoms with Gasteiger partial charge in [0.1, 0.15) is 10.8 Å². The van der Waals surface area contributed by atoms with Gasteiger partial charge in [0.25, 0.3) is 0 Å². The van der Waals surface area contributed by atoms with E-state index < -0.39 is 0 Å². The summed E-state index contributed by atoms with van der Waals surface area (Å²) in [6.07, 6.45) is 7.12. The van der Waals surface area contributed by atoms with E-state index in [2.05, 4.69) is 10.4 Å². The van der Waals surface area contributed by atoms with Gasteiger partial charge in [-0.1, -0.05) is 19.3 Å². The summed E-state index contributed by atoms with van der Waals surface area (Å²) in [5, 5.41) is 3.14. The maximum Gasteiger partial charge on any atom is 0.136 e. The first-order chi connectivity index (χ1) is 7.25. The molecule has 1 aromatic heterocycles. The van der Waals surface area contributed by atoms with Gasteiger partial charge in [0.05, 0.1) is 12.1 Å². The highest BCUT2D eigenvalue weighted by Crippen LogP contribution is 2.33. The Kier molecular flexibility index (Phi) is 3.52. The fraction of sp³-hybridized carbons (Fsp3) is 0.667. The zero-order valence-electron chi connectivity index (χ0n) is 9.16. The predicted molar refractivity (Wildman–Crippen MR) is 62.3 cm³/mol. The molecule has 0 N–H and O–H groups in total. The van der Waals surface area contributed by atoms with Crippen LogP contribution in [0.25, 0.3) is 0 Å². The average molecular weight is 223 g/mol. The second-order valence-corrected chi connectivity index (χ2v) is 5.32. The van der Waals surface area contributed by atoms with Gasteiger partial charge >= 0.3 is 0 Å². The molecule has 0 aliphatic heterocycles. The van der Waals surface area contributed by atoms with E-state index in [1.54, 1.807) is 18.3 Å². The van der Waals surface area contributed by atoms with Crippen molar-refractivity contribution in [2.75, 3.05) is 0 Å². The van der Waals surface area contributed by atoms with Crippen molar-refractivity contribution in [2.24, 2.45) is 0 Å². The van der Waals surface area contributed by atoms with Crippen LogP contribution in [0.15, 0.2) is 5.38 Å². The fourth-order valence-corrected chi connectivity index (χ4v) is 3.15. The molecule has 82 valence electrons. The molecule has 1 saturated carbocycles. The maximum atomic E-state index is 11.0. The van der Waals surface area contributed by atoms with E-state index in [1.807, 2.05) is 0 Å². The Bertz CT molecular complexity index is 339. The van der Waals surface area contributed by atoms with Crippen LogP contribution in [0, 0.1) is 0 Å². The second-order valence-electron chi connectivity index (χ2n) is 4.38. The van der Waals surface area contributed by atoms with Gasteiger partial charge in [-0.15, -0.1) is 11.3 Å². The molecule has 0 bridgehead atoms. The number of carbonyl (C=O) groups is 1. The number of aromatic nitrogens is 1. The standard InChI is InChI=1S/C12H17NOS/c1-9(14)7-12-13-11(8-15-12)10-5-3-2-4-6-10/h8,10H,2-7H2,1H3. The highest BCUT2D eigenvalue weighted by atomic mass is 32.1. The molecule has 2 rings (SSSR count). The van der Waals surface area contributed by atoms with Crippen LogP contribution in [0.5, 0.6) is 0 Å². The van der Waals surface area contributed by atoms with Gasteiger partial charge in [-0.3, -0.25) is 4.79 Å². The van der Waals surface area contributed by atoms with E-state index >= 15 is 0 Å². The molecule has 0 amide bonds. The molecule has 1 aromatic rings. The summed E-state index contributed by atoms with van der Waals surface area (Å²) in [6.45, 7) is 1.63. The molecule has 15 heavy (non-hydrogen) atoms. The van der Waals surface area contributed by atoms with Crippen LogP contribution < -0.4 is 0 Å². The normalized spacial score (nSPS) is 17.9. The minimum Gasteiger partial charge on any atom is -0.300 e. The molecule has 2 nitrogen and oxygen atoms in total. The molecule has 0 atom stereocenters. The Morgan fingerprint density at radius 3 is 2.87 bits per heavy atom. The third kappa shape index (κ3) is 2.88. The molecule has 0 saturated heterocycles. The zero-order valence-corrected chi connectivity index (χ0v) is 9.98. The first-order valence-corrected chi connectivity index (χ1v) is 6.57. The van der Waals surface area contributed by atoms with Gasteiger partial charge in [-0.2, -0.15) is 0 Å². The van der Waals surface area contributed by atoms with E-state index in [0.717, 1.165) is 5.01 Å². The van der Waals surface area contributed by atoms with Crippen LogP contribution in [0.1, 0.15) is 55.6 Å². The first-order valence-electron chi connectivity index (χ1n) is 5.69. The lowest BCUT2D eigenvalue weighted by Crippen LogP contribution is -2.05. The largest absolute Gasteiger partial charge is 0.300 e.